The lowest BCUT2D eigenvalue weighted by atomic mass is 10.1. The van der Waals surface area contributed by atoms with Crippen LogP contribution in [0.25, 0.3) is 0 Å². The Bertz CT molecular complexity index is 413. The molecule has 4 nitrogen and oxygen atoms in total. The Balaban J connectivity index is 2.09. The van der Waals surface area contributed by atoms with Gasteiger partial charge in [0.15, 0.2) is 5.78 Å². The van der Waals surface area contributed by atoms with Gasteiger partial charge in [-0.3, -0.25) is 4.79 Å². The number of rotatable bonds is 6. The van der Waals surface area contributed by atoms with Gasteiger partial charge in [-0.2, -0.15) is 0 Å². The van der Waals surface area contributed by atoms with Crippen molar-refractivity contribution in [1.82, 2.24) is 5.32 Å². The molecule has 1 fully saturated rings. The molecule has 1 N–H and O–H groups in total. The largest absolute Gasteiger partial charge is 0.497 e. The Hall–Kier alpha value is -1.55. The van der Waals surface area contributed by atoms with E-state index in [-0.39, 0.29) is 5.78 Å². The van der Waals surface area contributed by atoms with Gasteiger partial charge in [0, 0.05) is 12.1 Å². The zero-order chi connectivity index (χ0) is 12.3. The van der Waals surface area contributed by atoms with Crippen LogP contribution in [0.4, 0.5) is 0 Å². The first-order valence-corrected chi connectivity index (χ1v) is 5.73. The van der Waals surface area contributed by atoms with E-state index in [1.807, 2.05) is 0 Å². The molecule has 0 unspecified atom stereocenters. The second-order valence-electron chi connectivity index (χ2n) is 4.14. The lowest BCUT2D eigenvalue weighted by Crippen LogP contribution is -2.25. The van der Waals surface area contributed by atoms with E-state index in [4.69, 9.17) is 9.47 Å². The zero-order valence-electron chi connectivity index (χ0n) is 10.2. The molecule has 0 spiro atoms. The molecule has 0 saturated heterocycles. The van der Waals surface area contributed by atoms with Crippen molar-refractivity contribution in [1.29, 1.82) is 0 Å². The number of benzene rings is 1. The van der Waals surface area contributed by atoms with E-state index >= 15 is 0 Å². The summed E-state index contributed by atoms with van der Waals surface area (Å²) in [6, 6.07) is 5.77. The van der Waals surface area contributed by atoms with Crippen LogP contribution in [0.5, 0.6) is 11.5 Å². The maximum Gasteiger partial charge on any atom is 0.180 e. The lowest BCUT2D eigenvalue weighted by molar-refractivity contribution is 0.0987. The van der Waals surface area contributed by atoms with Crippen molar-refractivity contribution in [3.63, 3.8) is 0 Å². The number of methoxy groups -OCH3 is 2. The summed E-state index contributed by atoms with van der Waals surface area (Å²) in [5.74, 6) is 1.30. The van der Waals surface area contributed by atoms with Crippen molar-refractivity contribution < 1.29 is 14.3 Å². The average molecular weight is 235 g/mol. The number of carbonyl (C=O) groups excluding carboxylic acids is 1. The highest BCUT2D eigenvalue weighted by atomic mass is 16.5. The molecule has 0 amide bonds. The van der Waals surface area contributed by atoms with Gasteiger partial charge in [0.25, 0.3) is 0 Å². The fraction of sp³-hybridized carbons (Fsp3) is 0.462. The van der Waals surface area contributed by atoms with E-state index < -0.39 is 0 Å². The first-order valence-electron chi connectivity index (χ1n) is 5.73. The molecule has 0 heterocycles. The second-order valence-corrected chi connectivity index (χ2v) is 4.14. The topological polar surface area (TPSA) is 47.6 Å². The maximum atomic E-state index is 12.0. The molecule has 0 aromatic heterocycles. The smallest absolute Gasteiger partial charge is 0.180 e. The molecule has 0 radical (unpaired) electrons. The highest BCUT2D eigenvalue weighted by Crippen LogP contribution is 2.25. The molecule has 0 atom stereocenters. The fourth-order valence-corrected chi connectivity index (χ4v) is 1.65. The van der Waals surface area contributed by atoms with Crippen LogP contribution in [0, 0.1) is 0 Å². The minimum absolute atomic E-state index is 0.0522. The number of hydrogen-bond acceptors (Lipinski definition) is 4. The summed E-state index contributed by atoms with van der Waals surface area (Å²) in [4.78, 5) is 12.0. The van der Waals surface area contributed by atoms with Gasteiger partial charge in [0.05, 0.1) is 26.3 Å². The third-order valence-electron chi connectivity index (χ3n) is 2.84. The van der Waals surface area contributed by atoms with Crippen LogP contribution in [0.15, 0.2) is 18.2 Å². The second kappa shape index (κ2) is 5.19. The van der Waals surface area contributed by atoms with Gasteiger partial charge in [-0.15, -0.1) is 0 Å². The first-order chi connectivity index (χ1) is 8.24. The van der Waals surface area contributed by atoms with Crippen molar-refractivity contribution in [2.75, 3.05) is 20.8 Å². The molecule has 92 valence electrons. The summed E-state index contributed by atoms with van der Waals surface area (Å²) in [6.07, 6.45) is 2.35. The summed E-state index contributed by atoms with van der Waals surface area (Å²) in [5.41, 5.74) is 0.599. The summed E-state index contributed by atoms with van der Waals surface area (Å²) < 4.78 is 10.3. The Morgan fingerprint density at radius 3 is 2.71 bits per heavy atom. The number of Topliss-reactive ketones (excluding diaryl/α,β-unsaturated/α-hetero) is 1. The molecule has 0 bridgehead atoms. The van der Waals surface area contributed by atoms with Crippen molar-refractivity contribution in [3.05, 3.63) is 23.8 Å². The normalized spacial score (nSPS) is 14.5. The van der Waals surface area contributed by atoms with Crippen LogP contribution in [0.3, 0.4) is 0 Å². The van der Waals surface area contributed by atoms with E-state index in [0.717, 1.165) is 0 Å². The minimum atomic E-state index is 0.0522. The molecule has 1 aliphatic rings. The summed E-state index contributed by atoms with van der Waals surface area (Å²) in [5, 5.41) is 3.20. The fourth-order valence-electron chi connectivity index (χ4n) is 1.65. The standard InChI is InChI=1S/C13H17NO3/c1-16-10-5-6-11(13(7-10)17-2)12(15)8-14-9-3-4-9/h5-7,9,14H,3-4,8H2,1-2H3. The van der Waals surface area contributed by atoms with Crippen LogP contribution < -0.4 is 14.8 Å². The van der Waals surface area contributed by atoms with E-state index in [0.29, 0.717) is 29.6 Å². The predicted molar refractivity (Wildman–Crippen MR) is 64.9 cm³/mol. The van der Waals surface area contributed by atoms with Crippen LogP contribution in [-0.2, 0) is 0 Å². The van der Waals surface area contributed by atoms with Crippen LogP contribution >= 0.6 is 0 Å². The molecule has 2 rings (SSSR count). The van der Waals surface area contributed by atoms with E-state index in [1.165, 1.54) is 12.8 Å². The van der Waals surface area contributed by atoms with Gasteiger partial charge in [0.2, 0.25) is 0 Å². The molecular weight excluding hydrogens is 218 g/mol. The van der Waals surface area contributed by atoms with Crippen LogP contribution in [0.1, 0.15) is 23.2 Å². The Labute approximate surface area is 101 Å². The molecule has 1 aromatic carbocycles. The van der Waals surface area contributed by atoms with E-state index in [2.05, 4.69) is 5.32 Å². The van der Waals surface area contributed by atoms with Gasteiger partial charge in [-0.1, -0.05) is 0 Å². The average Bonchev–Trinajstić information content (AvgIpc) is 3.19. The molecule has 17 heavy (non-hydrogen) atoms. The van der Waals surface area contributed by atoms with Crippen molar-refractivity contribution >= 4 is 5.78 Å². The number of hydrogen-bond donors (Lipinski definition) is 1. The number of ether oxygens (including phenoxy) is 2. The maximum absolute atomic E-state index is 12.0. The predicted octanol–water partition coefficient (Wildman–Crippen LogP) is 1.64. The third-order valence-corrected chi connectivity index (χ3v) is 2.84. The monoisotopic (exact) mass is 235 g/mol. The highest BCUT2D eigenvalue weighted by Gasteiger charge is 2.22. The SMILES string of the molecule is COc1ccc(C(=O)CNC2CC2)c(OC)c1. The summed E-state index contributed by atoms with van der Waals surface area (Å²) in [7, 11) is 3.14. The number of nitrogens with one attached hydrogen (secondary N) is 1. The van der Waals surface area contributed by atoms with Crippen molar-refractivity contribution in [3.8, 4) is 11.5 Å². The summed E-state index contributed by atoms with van der Waals surface area (Å²) >= 11 is 0. The van der Waals surface area contributed by atoms with E-state index in [9.17, 15) is 4.79 Å². The molecule has 1 aliphatic carbocycles. The van der Waals surface area contributed by atoms with Crippen LogP contribution in [-0.4, -0.2) is 32.6 Å². The van der Waals surface area contributed by atoms with Crippen LogP contribution in [0.2, 0.25) is 0 Å². The quantitative estimate of drug-likeness (QED) is 0.761. The third kappa shape index (κ3) is 2.97. The minimum Gasteiger partial charge on any atom is -0.497 e. The number of ketones is 1. The van der Waals surface area contributed by atoms with Gasteiger partial charge >= 0.3 is 0 Å². The van der Waals surface area contributed by atoms with Gasteiger partial charge < -0.3 is 14.8 Å². The first kappa shape index (κ1) is 11.9. The molecule has 0 aliphatic heterocycles. The van der Waals surface area contributed by atoms with Crippen molar-refractivity contribution in [2.45, 2.75) is 18.9 Å². The molecular formula is C13H17NO3. The van der Waals surface area contributed by atoms with Crippen molar-refractivity contribution in [2.24, 2.45) is 0 Å². The molecule has 4 heteroatoms. The summed E-state index contributed by atoms with van der Waals surface area (Å²) in [6.45, 7) is 0.368. The highest BCUT2D eigenvalue weighted by molar-refractivity contribution is 6.00. The zero-order valence-corrected chi connectivity index (χ0v) is 10.2. The van der Waals surface area contributed by atoms with E-state index in [1.54, 1.807) is 32.4 Å². The van der Waals surface area contributed by atoms with Gasteiger partial charge in [-0.05, 0) is 25.0 Å². The molecule has 1 saturated carbocycles. The lowest BCUT2D eigenvalue weighted by Gasteiger charge is -2.09. The Morgan fingerprint density at radius 1 is 1.35 bits per heavy atom. The Kier molecular flexibility index (Phi) is 3.64. The van der Waals surface area contributed by atoms with Gasteiger partial charge in [-0.25, -0.2) is 0 Å². The Morgan fingerprint density at radius 2 is 2.12 bits per heavy atom. The number of carbonyl (C=O) groups is 1. The van der Waals surface area contributed by atoms with Gasteiger partial charge in [0.1, 0.15) is 11.5 Å². The molecule has 1 aromatic rings.